The van der Waals surface area contributed by atoms with E-state index in [1.165, 1.54) is 0 Å². The van der Waals surface area contributed by atoms with E-state index < -0.39 is 5.24 Å². The number of hydrogen-bond donors (Lipinski definition) is 0. The smallest absolute Gasteiger partial charge is 0.746 e. The van der Waals surface area contributed by atoms with Gasteiger partial charge in [-0.3, -0.25) is 0 Å². The predicted molar refractivity (Wildman–Crippen MR) is 42.7 cm³/mol. The average molecular weight is 176 g/mol. The zero-order valence-electron chi connectivity index (χ0n) is 5.68. The fourth-order valence-electron chi connectivity index (χ4n) is 0.224. The summed E-state index contributed by atoms with van der Waals surface area (Å²) in [6.07, 6.45) is 2.07. The molecule has 0 aliphatic carbocycles. The van der Waals surface area contributed by atoms with Gasteiger partial charge in [-0.2, -0.15) is 5.24 Å². The molecule has 8 heavy (non-hydrogen) atoms. The first kappa shape index (κ1) is 12.7. The summed E-state index contributed by atoms with van der Waals surface area (Å²) < 4.78 is 0. The molecule has 0 unspecified atom stereocenters. The topological polar surface area (TPSA) is 0 Å². The minimum atomic E-state index is -1.24. The van der Waals surface area contributed by atoms with Crippen LogP contribution in [0.1, 0.15) is 13.8 Å². The third-order valence-electron chi connectivity index (χ3n) is 0.964. The maximum absolute atomic E-state index is 5.07. The van der Waals surface area contributed by atoms with Gasteiger partial charge in [0.05, 0.1) is 0 Å². The number of hydrogen-bond acceptors (Lipinski definition) is 2. The van der Waals surface area contributed by atoms with Crippen molar-refractivity contribution >= 4 is 29.3 Å². The van der Waals surface area contributed by atoms with Crippen molar-refractivity contribution in [1.29, 1.82) is 0 Å². The minimum absolute atomic E-state index is 0. The summed E-state index contributed by atoms with van der Waals surface area (Å²) >= 11 is 10.1. The molecule has 0 atom stereocenters. The molecule has 0 amide bonds. The standard InChI is InChI=1S/C4H11PS2.Na/c1-3-5(6,7)4-2;/h3-4H2,1-2H3,(H,6,7);/q;+1/p-1. The van der Waals surface area contributed by atoms with E-state index in [2.05, 4.69) is 13.8 Å². The van der Waals surface area contributed by atoms with Crippen LogP contribution in [0.3, 0.4) is 0 Å². The first-order valence-corrected chi connectivity index (χ1v) is 6.60. The van der Waals surface area contributed by atoms with E-state index in [1.807, 2.05) is 0 Å². The molecule has 0 radical (unpaired) electrons. The zero-order chi connectivity index (χ0) is 5.91. The van der Waals surface area contributed by atoms with E-state index in [4.69, 9.17) is 24.1 Å². The molecule has 0 fully saturated rings. The van der Waals surface area contributed by atoms with Gasteiger partial charge in [0.25, 0.3) is 0 Å². The summed E-state index contributed by atoms with van der Waals surface area (Å²) in [6, 6.07) is 0. The van der Waals surface area contributed by atoms with Crippen LogP contribution in [0.4, 0.5) is 0 Å². The van der Waals surface area contributed by atoms with Crippen molar-refractivity contribution in [2.45, 2.75) is 13.8 Å². The van der Waals surface area contributed by atoms with Crippen LogP contribution in [0, 0.1) is 0 Å². The van der Waals surface area contributed by atoms with E-state index >= 15 is 0 Å². The quantitative estimate of drug-likeness (QED) is 0.300. The Labute approximate surface area is 84.3 Å². The molecule has 0 N–H and O–H groups in total. The Morgan fingerprint density at radius 3 is 1.62 bits per heavy atom. The van der Waals surface area contributed by atoms with E-state index in [-0.39, 0.29) is 29.6 Å². The predicted octanol–water partition coefficient (Wildman–Crippen LogP) is -1.03. The summed E-state index contributed by atoms with van der Waals surface area (Å²) in [5.74, 6) is 0. The van der Waals surface area contributed by atoms with E-state index in [0.717, 1.165) is 12.3 Å². The van der Waals surface area contributed by atoms with Crippen molar-refractivity contribution in [2.24, 2.45) is 0 Å². The second kappa shape index (κ2) is 5.76. The second-order valence-electron chi connectivity index (χ2n) is 1.45. The minimum Gasteiger partial charge on any atom is -0.746 e. The fraction of sp³-hybridized carbons (Fsp3) is 1.00. The summed E-state index contributed by atoms with van der Waals surface area (Å²) in [5, 5.41) is -1.24. The zero-order valence-corrected chi connectivity index (χ0v) is 10.2. The molecular weight excluding hydrogens is 166 g/mol. The number of rotatable bonds is 2. The van der Waals surface area contributed by atoms with Gasteiger partial charge in [0.1, 0.15) is 0 Å². The van der Waals surface area contributed by atoms with Gasteiger partial charge in [0, 0.05) is 0 Å². The Morgan fingerprint density at radius 2 is 1.62 bits per heavy atom. The van der Waals surface area contributed by atoms with Crippen LogP contribution in [0.15, 0.2) is 0 Å². The molecule has 0 saturated heterocycles. The van der Waals surface area contributed by atoms with Crippen LogP contribution in [-0.4, -0.2) is 12.3 Å². The first-order chi connectivity index (χ1) is 3.12. The van der Waals surface area contributed by atoms with Crippen molar-refractivity contribution in [2.75, 3.05) is 12.3 Å². The largest absolute Gasteiger partial charge is 1.00 e. The van der Waals surface area contributed by atoms with Gasteiger partial charge in [0.15, 0.2) is 0 Å². The van der Waals surface area contributed by atoms with Crippen LogP contribution in [0.2, 0.25) is 0 Å². The van der Waals surface area contributed by atoms with Gasteiger partial charge in [0.2, 0.25) is 0 Å². The molecule has 0 heterocycles. The van der Waals surface area contributed by atoms with Gasteiger partial charge < -0.3 is 12.2 Å². The Kier molecular flexibility index (Phi) is 9.11. The first-order valence-electron chi connectivity index (χ1n) is 2.41. The molecule has 0 aliphatic heterocycles. The molecule has 0 aromatic heterocycles. The summed E-state index contributed by atoms with van der Waals surface area (Å²) in [6.45, 7) is 4.16. The third kappa shape index (κ3) is 6.12. The average Bonchev–Trinajstić information content (AvgIpc) is 1.68. The van der Waals surface area contributed by atoms with Crippen LogP contribution >= 0.6 is 5.24 Å². The summed E-state index contributed by atoms with van der Waals surface area (Å²) in [4.78, 5) is 0. The SMILES string of the molecule is CCP(=S)([S-])CC.[Na+]. The fourth-order valence-corrected chi connectivity index (χ4v) is 0.671. The molecule has 44 valence electrons. The molecular formula is C4H10NaPS2. The Balaban J connectivity index is 0. The molecule has 0 bridgehead atoms. The van der Waals surface area contributed by atoms with E-state index in [0.29, 0.717) is 0 Å². The monoisotopic (exact) mass is 176 g/mol. The van der Waals surface area contributed by atoms with Crippen molar-refractivity contribution in [1.82, 2.24) is 0 Å². The maximum atomic E-state index is 5.07. The van der Waals surface area contributed by atoms with Crippen molar-refractivity contribution in [3.63, 3.8) is 0 Å². The second-order valence-corrected chi connectivity index (χ2v) is 9.23. The molecule has 0 aromatic carbocycles. The van der Waals surface area contributed by atoms with E-state index in [1.54, 1.807) is 0 Å². The van der Waals surface area contributed by atoms with Crippen molar-refractivity contribution in [3.8, 4) is 0 Å². The molecule has 0 aromatic rings. The van der Waals surface area contributed by atoms with Gasteiger partial charge in [-0.15, -0.1) is 11.8 Å². The van der Waals surface area contributed by atoms with Gasteiger partial charge in [-0.25, -0.2) is 0 Å². The summed E-state index contributed by atoms with van der Waals surface area (Å²) in [5.41, 5.74) is 0. The third-order valence-corrected chi connectivity index (χ3v) is 5.99. The summed E-state index contributed by atoms with van der Waals surface area (Å²) in [7, 11) is 0. The molecule has 0 spiro atoms. The molecule has 0 aliphatic rings. The Morgan fingerprint density at radius 1 is 1.38 bits per heavy atom. The van der Waals surface area contributed by atoms with Gasteiger partial charge >= 0.3 is 29.6 Å². The van der Waals surface area contributed by atoms with E-state index in [9.17, 15) is 0 Å². The normalized spacial score (nSPS) is 10.4. The van der Waals surface area contributed by atoms with Gasteiger partial charge in [-0.05, 0) is 12.3 Å². The van der Waals surface area contributed by atoms with Crippen LogP contribution in [0.25, 0.3) is 0 Å². The van der Waals surface area contributed by atoms with Gasteiger partial charge in [-0.1, -0.05) is 13.8 Å². The van der Waals surface area contributed by atoms with Crippen molar-refractivity contribution in [3.05, 3.63) is 0 Å². The molecule has 0 rings (SSSR count). The molecule has 0 saturated carbocycles. The Bertz CT molecular complexity index is 86.0. The van der Waals surface area contributed by atoms with Crippen LogP contribution < -0.4 is 29.6 Å². The maximum Gasteiger partial charge on any atom is 1.00 e. The molecule has 4 heteroatoms. The Hall–Kier alpha value is 2.00. The van der Waals surface area contributed by atoms with Crippen molar-refractivity contribution < 1.29 is 29.6 Å². The molecule has 0 nitrogen and oxygen atoms in total. The van der Waals surface area contributed by atoms with Crippen LogP contribution in [-0.2, 0) is 24.1 Å². The van der Waals surface area contributed by atoms with Crippen LogP contribution in [0.5, 0.6) is 0 Å².